The Morgan fingerprint density at radius 3 is 2.81 bits per heavy atom. The number of hydrogen-bond acceptors (Lipinski definition) is 7. The average Bonchev–Trinajstić information content (AvgIpc) is 3.22. The number of rotatable bonds is 4. The van der Waals surface area contributed by atoms with Crippen molar-refractivity contribution in [2.45, 2.75) is 44.6 Å². The van der Waals surface area contributed by atoms with E-state index in [-0.39, 0.29) is 17.7 Å². The van der Waals surface area contributed by atoms with Gasteiger partial charge < -0.3 is 15.0 Å². The first-order valence-corrected chi connectivity index (χ1v) is 10.1. The summed E-state index contributed by atoms with van der Waals surface area (Å²) in [6, 6.07) is 1.25. The normalized spacial score (nSPS) is 21.1. The zero-order valence-corrected chi connectivity index (χ0v) is 15.5. The number of anilines is 1. The number of hydrogen-bond donors (Lipinski definition) is 1. The van der Waals surface area contributed by atoms with Crippen LogP contribution in [0.15, 0.2) is 10.9 Å². The van der Waals surface area contributed by atoms with E-state index in [9.17, 15) is 9.59 Å². The second kappa shape index (κ2) is 7.71. The van der Waals surface area contributed by atoms with Crippen LogP contribution in [0.3, 0.4) is 0 Å². The van der Waals surface area contributed by atoms with E-state index < -0.39 is 5.56 Å². The lowest BCUT2D eigenvalue weighted by atomic mass is 10.2. The number of ether oxygens (including phenoxy) is 1. The number of fused-ring (bicyclic) bond motifs is 1. The quantitative estimate of drug-likeness (QED) is 0.867. The Hall–Kier alpha value is -2.00. The Kier molecular flexibility index (Phi) is 5.16. The lowest BCUT2D eigenvalue weighted by molar-refractivity contribution is 0.0851. The second-order valence-electron chi connectivity index (χ2n) is 6.80. The van der Waals surface area contributed by atoms with E-state index in [1.54, 1.807) is 0 Å². The maximum Gasteiger partial charge on any atom is 0.274 e. The van der Waals surface area contributed by atoms with Crippen LogP contribution in [0, 0.1) is 0 Å². The Morgan fingerprint density at radius 2 is 2.08 bits per heavy atom. The van der Waals surface area contributed by atoms with Gasteiger partial charge >= 0.3 is 0 Å². The third-order valence-electron chi connectivity index (χ3n) is 4.87. The fraction of sp³-hybridized carbons (Fsp3) is 0.647. The number of nitrogens with one attached hydrogen (secondary N) is 1. The minimum absolute atomic E-state index is 0.0519. The molecule has 9 heteroatoms. The monoisotopic (exact) mass is 377 g/mol. The van der Waals surface area contributed by atoms with Crippen LogP contribution in [-0.4, -0.2) is 52.9 Å². The average molecular weight is 377 g/mol. The highest BCUT2D eigenvalue weighted by molar-refractivity contribution is 7.20. The third kappa shape index (κ3) is 3.73. The van der Waals surface area contributed by atoms with Gasteiger partial charge in [0.1, 0.15) is 5.69 Å². The molecule has 4 rings (SSSR count). The first-order chi connectivity index (χ1) is 12.7. The molecule has 0 bridgehead atoms. The molecule has 2 aliphatic heterocycles. The van der Waals surface area contributed by atoms with Crippen molar-refractivity contribution in [3.8, 4) is 0 Å². The van der Waals surface area contributed by atoms with Crippen molar-refractivity contribution in [3.05, 3.63) is 22.1 Å². The highest BCUT2D eigenvalue weighted by atomic mass is 32.1. The zero-order chi connectivity index (χ0) is 17.9. The van der Waals surface area contributed by atoms with Gasteiger partial charge in [0.15, 0.2) is 0 Å². The van der Waals surface area contributed by atoms with Gasteiger partial charge in [-0.1, -0.05) is 24.2 Å². The summed E-state index contributed by atoms with van der Waals surface area (Å²) < 4.78 is 7.03. The van der Waals surface area contributed by atoms with E-state index >= 15 is 0 Å². The van der Waals surface area contributed by atoms with Crippen molar-refractivity contribution in [1.82, 2.24) is 19.9 Å². The SMILES string of the molecule is O=C(NCC1CCCO1)c1cc(=O)nc2sc(N3CCCCCC3)nn12. The molecule has 2 aliphatic rings. The van der Waals surface area contributed by atoms with Crippen LogP contribution in [0.1, 0.15) is 49.0 Å². The fourth-order valence-electron chi connectivity index (χ4n) is 3.46. The van der Waals surface area contributed by atoms with Gasteiger partial charge in [0.05, 0.1) is 6.10 Å². The lowest BCUT2D eigenvalue weighted by Crippen LogP contribution is -2.34. The standard InChI is InChI=1S/C17H23N5O3S/c23-14-10-13(15(24)18-11-12-6-5-9-25-12)22-16(19-14)26-17(20-22)21-7-3-1-2-4-8-21/h10,12H,1-9,11H2,(H,18,24). The number of carbonyl (C=O) groups excluding carboxylic acids is 1. The summed E-state index contributed by atoms with van der Waals surface area (Å²) in [6.45, 7) is 3.08. The molecule has 0 spiro atoms. The van der Waals surface area contributed by atoms with Gasteiger partial charge in [0, 0.05) is 32.3 Å². The molecule has 26 heavy (non-hydrogen) atoms. The molecule has 1 N–H and O–H groups in total. The van der Waals surface area contributed by atoms with Crippen molar-refractivity contribution in [2.24, 2.45) is 0 Å². The van der Waals surface area contributed by atoms with Gasteiger partial charge in [-0.3, -0.25) is 9.59 Å². The summed E-state index contributed by atoms with van der Waals surface area (Å²) >= 11 is 1.36. The summed E-state index contributed by atoms with van der Waals surface area (Å²) in [5.41, 5.74) is -0.186. The molecule has 1 atom stereocenters. The first-order valence-electron chi connectivity index (χ1n) is 9.26. The molecule has 0 radical (unpaired) electrons. The lowest BCUT2D eigenvalue weighted by Gasteiger charge is -2.17. The minimum Gasteiger partial charge on any atom is -0.376 e. The van der Waals surface area contributed by atoms with Crippen molar-refractivity contribution >= 4 is 27.3 Å². The van der Waals surface area contributed by atoms with Crippen LogP contribution in [0.2, 0.25) is 0 Å². The van der Waals surface area contributed by atoms with E-state index in [0.717, 1.165) is 50.5 Å². The zero-order valence-electron chi connectivity index (χ0n) is 14.6. The van der Waals surface area contributed by atoms with Crippen LogP contribution in [-0.2, 0) is 4.74 Å². The van der Waals surface area contributed by atoms with E-state index in [1.165, 1.54) is 34.8 Å². The van der Waals surface area contributed by atoms with Gasteiger partial charge in [-0.05, 0) is 25.7 Å². The molecule has 1 unspecified atom stereocenters. The number of nitrogens with zero attached hydrogens (tertiary/aromatic N) is 4. The topological polar surface area (TPSA) is 88.8 Å². The smallest absolute Gasteiger partial charge is 0.274 e. The molecule has 0 saturated carbocycles. The molecule has 1 amide bonds. The highest BCUT2D eigenvalue weighted by Crippen LogP contribution is 2.25. The molecular formula is C17H23N5O3S. The largest absolute Gasteiger partial charge is 0.376 e. The van der Waals surface area contributed by atoms with Crippen LogP contribution in [0.25, 0.3) is 4.96 Å². The highest BCUT2D eigenvalue weighted by Gasteiger charge is 2.21. The molecule has 0 aliphatic carbocycles. The molecule has 4 heterocycles. The molecule has 2 aromatic heterocycles. The number of carbonyl (C=O) groups is 1. The van der Waals surface area contributed by atoms with Crippen molar-refractivity contribution in [1.29, 1.82) is 0 Å². The number of aromatic nitrogens is 3. The molecule has 2 aromatic rings. The molecule has 2 fully saturated rings. The Balaban J connectivity index is 1.59. The van der Waals surface area contributed by atoms with Crippen LogP contribution < -0.4 is 15.8 Å². The van der Waals surface area contributed by atoms with Crippen LogP contribution in [0.5, 0.6) is 0 Å². The van der Waals surface area contributed by atoms with Crippen molar-refractivity contribution in [2.75, 3.05) is 31.1 Å². The maximum atomic E-state index is 12.6. The van der Waals surface area contributed by atoms with Gasteiger partial charge in [-0.2, -0.15) is 9.50 Å². The number of amides is 1. The van der Waals surface area contributed by atoms with E-state index in [0.29, 0.717) is 11.5 Å². The van der Waals surface area contributed by atoms with E-state index in [2.05, 4.69) is 20.3 Å². The molecule has 2 saturated heterocycles. The summed E-state index contributed by atoms with van der Waals surface area (Å²) in [5, 5.41) is 8.26. The van der Waals surface area contributed by atoms with Gasteiger partial charge in [-0.25, -0.2) is 0 Å². The third-order valence-corrected chi connectivity index (χ3v) is 5.84. The maximum absolute atomic E-state index is 12.6. The Bertz CT molecular complexity index is 835. The van der Waals surface area contributed by atoms with E-state index in [4.69, 9.17) is 4.74 Å². The fourth-order valence-corrected chi connectivity index (χ4v) is 4.42. The van der Waals surface area contributed by atoms with Crippen molar-refractivity contribution < 1.29 is 9.53 Å². The second-order valence-corrected chi connectivity index (χ2v) is 7.74. The predicted molar refractivity (Wildman–Crippen MR) is 99.1 cm³/mol. The predicted octanol–water partition coefficient (Wildman–Crippen LogP) is 1.44. The van der Waals surface area contributed by atoms with Gasteiger partial charge in [0.2, 0.25) is 10.1 Å². The van der Waals surface area contributed by atoms with Crippen LogP contribution in [0.4, 0.5) is 5.13 Å². The Labute approximate surface area is 155 Å². The van der Waals surface area contributed by atoms with Crippen LogP contribution >= 0.6 is 11.3 Å². The van der Waals surface area contributed by atoms with Gasteiger partial charge in [0.25, 0.3) is 11.5 Å². The Morgan fingerprint density at radius 1 is 1.27 bits per heavy atom. The van der Waals surface area contributed by atoms with Crippen molar-refractivity contribution in [3.63, 3.8) is 0 Å². The summed E-state index contributed by atoms with van der Waals surface area (Å²) in [5.74, 6) is -0.317. The summed E-state index contributed by atoms with van der Waals surface area (Å²) in [4.78, 5) is 31.3. The summed E-state index contributed by atoms with van der Waals surface area (Å²) in [7, 11) is 0. The summed E-state index contributed by atoms with van der Waals surface area (Å²) in [6.07, 6.45) is 6.75. The molecule has 140 valence electrons. The molecule has 8 nitrogen and oxygen atoms in total. The molecule has 0 aromatic carbocycles. The minimum atomic E-state index is -0.418. The van der Waals surface area contributed by atoms with E-state index in [1.807, 2.05) is 0 Å². The molecular weight excluding hydrogens is 354 g/mol. The van der Waals surface area contributed by atoms with Gasteiger partial charge in [-0.15, -0.1) is 5.10 Å². The first kappa shape index (κ1) is 17.4.